The number of para-hydroxylation sites is 1. The van der Waals surface area contributed by atoms with Crippen molar-refractivity contribution in [2.75, 3.05) is 0 Å². The van der Waals surface area contributed by atoms with Crippen LogP contribution in [0.3, 0.4) is 0 Å². The lowest BCUT2D eigenvalue weighted by atomic mass is 9.81. The first-order valence-corrected chi connectivity index (χ1v) is 28.6. The molecule has 0 saturated heterocycles. The molecule has 0 aliphatic heterocycles. The van der Waals surface area contributed by atoms with Gasteiger partial charge in [0.1, 0.15) is 0 Å². The average Bonchev–Trinajstić information content (AvgIpc) is 1.88. The van der Waals surface area contributed by atoms with Crippen molar-refractivity contribution >= 4 is 43.4 Å². The molecule has 7 heterocycles. The fourth-order valence-corrected chi connectivity index (χ4v) is 12.0. The number of fused-ring (bicyclic) bond motifs is 8. The van der Waals surface area contributed by atoms with E-state index in [4.69, 9.17) is 0 Å². The molecule has 16 rings (SSSR count). The molecule has 0 amide bonds. The van der Waals surface area contributed by atoms with Crippen LogP contribution in [0.1, 0.15) is 47.6 Å². The molecule has 10 nitrogen and oxygen atoms in total. The number of hydrogen-bond donors (Lipinski definition) is 0. The highest BCUT2D eigenvalue weighted by Crippen LogP contribution is 2.49. The second-order valence-corrected chi connectivity index (χ2v) is 22.4. The third-order valence-corrected chi connectivity index (χ3v) is 16.3. The molecule has 0 atom stereocenters. The fraction of sp³-hybridized carbons (Fsp3) is 0.0933. The molecule has 0 radical (unpaired) electrons. The summed E-state index contributed by atoms with van der Waals surface area (Å²) in [7, 11) is 0. The lowest BCUT2D eigenvalue weighted by molar-refractivity contribution is 0.660. The van der Waals surface area contributed by atoms with E-state index >= 15 is 0 Å². The van der Waals surface area contributed by atoms with Crippen LogP contribution in [-0.2, 0) is 12.0 Å². The topological polar surface area (TPSA) is 125 Å². The largest absolute Gasteiger partial charge is 0.574 e. The van der Waals surface area contributed by atoms with E-state index in [1.54, 1.807) is 0 Å². The van der Waals surface area contributed by atoms with E-state index in [9.17, 15) is 0 Å². The Morgan fingerprint density at radius 1 is 0.353 bits per heavy atom. The third-order valence-electron chi connectivity index (χ3n) is 16.3. The van der Waals surface area contributed by atoms with Crippen molar-refractivity contribution in [2.24, 2.45) is 0 Å². The Hall–Kier alpha value is -10.8. The Balaban J connectivity index is 0.000000114. The molecule has 15 aromatic rings. The van der Waals surface area contributed by atoms with E-state index in [1.165, 1.54) is 82.3 Å². The first-order chi connectivity index (χ1) is 41.6. The van der Waals surface area contributed by atoms with Crippen LogP contribution < -0.4 is 15.3 Å². The number of benzene rings is 8. The predicted molar refractivity (Wildman–Crippen MR) is 344 cm³/mol. The van der Waals surface area contributed by atoms with Crippen LogP contribution in [-0.4, -0.2) is 34.8 Å². The standard InChI is InChI=1S/C28H21N4.C24H20N3.C23H16N3/c1-19-15-26(31-30-19)25-16-22(13-14-29-25)21-11-12-24-23-9-5-6-10-27(23)32(28(24)17-21)18-20-7-3-2-4-8-20;1-15-12-23(27-26-15)22-14-17(10-11-25-22)16-8-9-19-18-6-4-5-7-20(18)24(2,3)21(19)13-16;1-15-10-23(26-25-15)22-14-20(8-9-24-22)18-6-7-19-11-16-4-2-3-5-17(16)12-21(19)13-18/h2-17H,18H2,1H3;4-14H,1-3H3;2-14H,1H3/q3*-1. The molecule has 410 valence electrons. The summed E-state index contributed by atoms with van der Waals surface area (Å²) in [6, 6.07) is 79.4. The minimum absolute atomic E-state index is 0.00601. The van der Waals surface area contributed by atoms with E-state index in [0.29, 0.717) is 0 Å². The van der Waals surface area contributed by atoms with Crippen LogP contribution in [0.2, 0.25) is 0 Å². The zero-order valence-electron chi connectivity index (χ0n) is 47.8. The van der Waals surface area contributed by atoms with Gasteiger partial charge in [-0.1, -0.05) is 183 Å². The Bertz CT molecular complexity index is 4960. The summed E-state index contributed by atoms with van der Waals surface area (Å²) in [5.41, 5.74) is 23.9. The van der Waals surface area contributed by atoms with Crippen molar-refractivity contribution in [3.8, 4) is 78.7 Å². The van der Waals surface area contributed by atoms with Gasteiger partial charge in [0, 0.05) is 81.0 Å². The third kappa shape index (κ3) is 10.2. The van der Waals surface area contributed by atoms with Gasteiger partial charge in [-0.3, -0.25) is 15.0 Å². The van der Waals surface area contributed by atoms with Crippen LogP contribution in [0.5, 0.6) is 0 Å². The van der Waals surface area contributed by atoms with Gasteiger partial charge < -0.3 is 35.2 Å². The van der Waals surface area contributed by atoms with Crippen molar-refractivity contribution in [3.05, 3.63) is 277 Å². The summed E-state index contributed by atoms with van der Waals surface area (Å²) in [5, 5.41) is 32.5. The summed E-state index contributed by atoms with van der Waals surface area (Å²) in [5.74, 6) is 0. The summed E-state index contributed by atoms with van der Waals surface area (Å²) in [6.45, 7) is 11.3. The van der Waals surface area contributed by atoms with Gasteiger partial charge in [0.2, 0.25) is 0 Å². The van der Waals surface area contributed by atoms with Gasteiger partial charge in [-0.15, -0.1) is 0 Å². The van der Waals surface area contributed by atoms with Gasteiger partial charge in [0.15, 0.2) is 0 Å². The Labute approximate surface area is 493 Å². The summed E-state index contributed by atoms with van der Waals surface area (Å²) >= 11 is 0. The zero-order chi connectivity index (χ0) is 57.6. The van der Waals surface area contributed by atoms with Gasteiger partial charge in [0.05, 0.1) is 5.52 Å². The van der Waals surface area contributed by atoms with Crippen molar-refractivity contribution in [2.45, 2.75) is 46.6 Å². The number of pyridine rings is 3. The minimum Gasteiger partial charge on any atom is -0.574 e. The van der Waals surface area contributed by atoms with Crippen LogP contribution in [0.4, 0.5) is 0 Å². The smallest absolute Gasteiger partial charge is 0.0500 e. The van der Waals surface area contributed by atoms with Crippen molar-refractivity contribution < 1.29 is 0 Å². The van der Waals surface area contributed by atoms with Crippen LogP contribution >= 0.6 is 0 Å². The highest BCUT2D eigenvalue weighted by Gasteiger charge is 2.35. The molecule has 0 N–H and O–H groups in total. The van der Waals surface area contributed by atoms with E-state index < -0.39 is 0 Å². The monoisotopic (exact) mass is 1100 g/mol. The van der Waals surface area contributed by atoms with E-state index in [0.717, 1.165) is 80.0 Å². The van der Waals surface area contributed by atoms with Crippen molar-refractivity contribution in [1.82, 2.24) is 50.1 Å². The molecule has 1 aliphatic carbocycles. The van der Waals surface area contributed by atoms with Crippen LogP contribution in [0.15, 0.2) is 243 Å². The first kappa shape index (κ1) is 52.2. The molecule has 0 fully saturated rings. The minimum atomic E-state index is 0.00601. The molecule has 7 aromatic heterocycles. The summed E-state index contributed by atoms with van der Waals surface area (Å²) in [6.07, 6.45) is 5.53. The zero-order valence-corrected chi connectivity index (χ0v) is 47.8. The molecular formula is C75H57N10-3. The Morgan fingerprint density at radius 2 is 0.812 bits per heavy atom. The van der Waals surface area contributed by atoms with E-state index in [-0.39, 0.29) is 5.41 Å². The maximum atomic E-state index is 4.51. The van der Waals surface area contributed by atoms with E-state index in [2.05, 4.69) is 264 Å². The van der Waals surface area contributed by atoms with Crippen molar-refractivity contribution in [1.29, 1.82) is 0 Å². The molecule has 85 heavy (non-hydrogen) atoms. The fourth-order valence-electron chi connectivity index (χ4n) is 12.0. The molecule has 8 aromatic carbocycles. The number of rotatable bonds is 8. The van der Waals surface area contributed by atoms with Gasteiger partial charge in [-0.25, -0.2) is 0 Å². The quantitative estimate of drug-likeness (QED) is 0.137. The van der Waals surface area contributed by atoms with Gasteiger partial charge in [-0.05, 0) is 176 Å². The highest BCUT2D eigenvalue weighted by atomic mass is 15.1. The first-order valence-electron chi connectivity index (χ1n) is 28.6. The normalized spacial score (nSPS) is 12.2. The molecule has 0 saturated carbocycles. The average molecular weight is 1100 g/mol. The Morgan fingerprint density at radius 3 is 1.41 bits per heavy atom. The van der Waals surface area contributed by atoms with Gasteiger partial charge in [-0.2, -0.15) is 0 Å². The lowest BCUT2D eigenvalue weighted by Gasteiger charge is -2.22. The molecular weight excluding hydrogens is 1040 g/mol. The van der Waals surface area contributed by atoms with Gasteiger partial charge in [0.25, 0.3) is 0 Å². The number of hydrogen-bond acceptors (Lipinski definition) is 6. The van der Waals surface area contributed by atoms with Gasteiger partial charge >= 0.3 is 0 Å². The molecule has 0 bridgehead atoms. The molecule has 0 unspecified atom stereocenters. The second kappa shape index (κ2) is 21.8. The van der Waals surface area contributed by atoms with Crippen LogP contribution in [0, 0.1) is 20.8 Å². The predicted octanol–water partition coefficient (Wildman–Crippen LogP) is 17.0. The Kier molecular flexibility index (Phi) is 13.4. The second-order valence-electron chi connectivity index (χ2n) is 22.4. The highest BCUT2D eigenvalue weighted by molar-refractivity contribution is 6.09. The van der Waals surface area contributed by atoms with E-state index in [1.807, 2.05) is 63.6 Å². The van der Waals surface area contributed by atoms with Crippen LogP contribution in [0.25, 0.3) is 122 Å². The number of aryl methyl sites for hydroxylation is 3. The SMILES string of the molecule is Cc1cc(-c2cc(-c3ccc4c(c3)C(C)(C)c3ccccc3-4)ccn2)[n-]n1.Cc1cc(-c2cc(-c3ccc4c5ccccc5n(Cc5ccccc5)c4c3)ccn2)[n-]n1.Cc1cc(-c2cc(-c3ccc4cc5ccccc5cc4c3)ccn2)[n-]n1. The molecule has 0 spiro atoms. The summed E-state index contributed by atoms with van der Waals surface area (Å²) in [4.78, 5) is 13.4. The maximum Gasteiger partial charge on any atom is 0.0500 e. The number of aromatic nitrogens is 10. The lowest BCUT2D eigenvalue weighted by Crippen LogP contribution is -2.14. The summed E-state index contributed by atoms with van der Waals surface area (Å²) < 4.78 is 2.41. The molecule has 1 aliphatic rings. The number of nitrogens with zero attached hydrogens (tertiary/aromatic N) is 10. The van der Waals surface area contributed by atoms with Crippen molar-refractivity contribution in [3.63, 3.8) is 0 Å². The molecule has 10 heteroatoms. The maximum absolute atomic E-state index is 4.51.